The third kappa shape index (κ3) is 0.779. The lowest BCUT2D eigenvalue weighted by Crippen LogP contribution is -2.59. The molecule has 0 heteroatoms. The predicted octanol–water partition coefficient (Wildman–Crippen LogP) is 3.82. The zero-order chi connectivity index (χ0) is 11.2. The van der Waals surface area contributed by atoms with Crippen molar-refractivity contribution in [3.05, 3.63) is 0 Å². The molecule has 0 bridgehead atoms. The van der Waals surface area contributed by atoms with Crippen LogP contribution >= 0.6 is 0 Å². The van der Waals surface area contributed by atoms with E-state index in [-0.39, 0.29) is 0 Å². The fourth-order valence-electron chi connectivity index (χ4n) is 8.60. The molecule has 0 heterocycles. The third-order valence-corrected chi connectivity index (χ3v) is 9.46. The first kappa shape index (κ1) is 9.03. The normalized spacial score (nSPS) is 80.0. The Morgan fingerprint density at radius 1 is 0.222 bits per heavy atom. The SMILES string of the molecule is C1C2C1C1CC3C(CC21)C1CC2C4CC4C2CC31. The summed E-state index contributed by atoms with van der Waals surface area (Å²) in [7, 11) is 0. The largest absolute Gasteiger partial charge is 0.0465 e. The molecule has 0 saturated heterocycles. The highest BCUT2D eigenvalue weighted by Gasteiger charge is 2.71. The Kier molecular flexibility index (Phi) is 1.24. The van der Waals surface area contributed by atoms with Crippen LogP contribution in [0.25, 0.3) is 0 Å². The van der Waals surface area contributed by atoms with Crippen LogP contribution in [0, 0.1) is 71.0 Å². The fraction of sp³-hybridized carbons (Fsp3) is 1.00. The van der Waals surface area contributed by atoms with Gasteiger partial charge in [0, 0.05) is 0 Å². The summed E-state index contributed by atoms with van der Waals surface area (Å²) >= 11 is 0. The minimum atomic E-state index is 1.23. The standard InChI is InChI=1S/C18H24/c1-7-8(16-5-15(7)16)2-12-11(1)13-3-9-10(4-14(12)13)18-6-17(9)18/h7-18H,1-6H2. The van der Waals surface area contributed by atoms with Crippen LogP contribution in [0.3, 0.4) is 0 Å². The van der Waals surface area contributed by atoms with Gasteiger partial charge < -0.3 is 0 Å². The van der Waals surface area contributed by atoms with E-state index in [4.69, 9.17) is 0 Å². The van der Waals surface area contributed by atoms with E-state index in [1.165, 1.54) is 71.0 Å². The van der Waals surface area contributed by atoms with Gasteiger partial charge in [0.2, 0.25) is 0 Å². The van der Waals surface area contributed by atoms with Gasteiger partial charge in [-0.2, -0.15) is 0 Å². The molecule has 0 amide bonds. The van der Waals surface area contributed by atoms with Crippen molar-refractivity contribution >= 4 is 0 Å². The highest BCUT2D eigenvalue weighted by molar-refractivity contribution is 5.19. The second-order valence-corrected chi connectivity index (χ2v) is 9.38. The second kappa shape index (κ2) is 2.47. The van der Waals surface area contributed by atoms with Gasteiger partial charge in [-0.05, 0) is 110 Å². The lowest BCUT2D eigenvalue weighted by Gasteiger charge is -2.65. The van der Waals surface area contributed by atoms with Crippen LogP contribution in [0.15, 0.2) is 0 Å². The van der Waals surface area contributed by atoms with Crippen molar-refractivity contribution in [1.29, 1.82) is 0 Å². The highest BCUT2D eigenvalue weighted by atomic mass is 14.8. The van der Waals surface area contributed by atoms with Crippen LogP contribution in [0.2, 0.25) is 0 Å². The maximum Gasteiger partial charge on any atom is -0.0349 e. The Hall–Kier alpha value is 0. The Morgan fingerprint density at radius 2 is 0.333 bits per heavy atom. The summed E-state index contributed by atoms with van der Waals surface area (Å²) in [5.74, 6) is 14.9. The summed E-state index contributed by atoms with van der Waals surface area (Å²) in [6.45, 7) is 0. The fourth-order valence-corrected chi connectivity index (χ4v) is 8.60. The molecule has 7 aliphatic rings. The number of hydrogen-bond acceptors (Lipinski definition) is 0. The molecule has 0 radical (unpaired) electrons. The summed E-state index contributed by atoms with van der Waals surface area (Å²) in [5, 5.41) is 0. The quantitative estimate of drug-likeness (QED) is 0.604. The molecule has 96 valence electrons. The minimum absolute atomic E-state index is 1.23. The molecule has 0 aromatic carbocycles. The van der Waals surface area contributed by atoms with Crippen molar-refractivity contribution in [2.24, 2.45) is 71.0 Å². The zero-order valence-electron chi connectivity index (χ0n) is 11.2. The molecule has 0 nitrogen and oxygen atoms in total. The molecule has 0 aromatic rings. The van der Waals surface area contributed by atoms with E-state index >= 15 is 0 Å². The van der Waals surface area contributed by atoms with Gasteiger partial charge in [-0.1, -0.05) is 0 Å². The molecule has 7 saturated carbocycles. The van der Waals surface area contributed by atoms with Crippen LogP contribution < -0.4 is 0 Å². The molecule has 0 spiro atoms. The molecule has 7 fully saturated rings. The van der Waals surface area contributed by atoms with Crippen molar-refractivity contribution in [3.8, 4) is 0 Å². The average Bonchev–Trinajstić information content (AvgIpc) is 3.22. The summed E-state index contributed by atoms with van der Waals surface area (Å²) in [6, 6.07) is 0. The van der Waals surface area contributed by atoms with Gasteiger partial charge >= 0.3 is 0 Å². The summed E-state index contributed by atoms with van der Waals surface area (Å²) in [6.07, 6.45) is 10.1. The molecule has 7 aliphatic carbocycles. The van der Waals surface area contributed by atoms with E-state index in [9.17, 15) is 0 Å². The highest BCUT2D eigenvalue weighted by Crippen LogP contribution is 2.78. The first-order chi connectivity index (χ1) is 8.90. The molecule has 0 N–H and O–H groups in total. The van der Waals surface area contributed by atoms with Crippen molar-refractivity contribution in [3.63, 3.8) is 0 Å². The Balaban J connectivity index is 1.20. The smallest absolute Gasteiger partial charge is 0.0349 e. The third-order valence-electron chi connectivity index (χ3n) is 9.46. The summed E-state index contributed by atoms with van der Waals surface area (Å²) < 4.78 is 0. The molecule has 18 heavy (non-hydrogen) atoms. The van der Waals surface area contributed by atoms with Crippen LogP contribution in [0.4, 0.5) is 0 Å². The number of fused-ring (bicyclic) bond motifs is 12. The van der Waals surface area contributed by atoms with Crippen LogP contribution in [-0.4, -0.2) is 0 Å². The predicted molar refractivity (Wildman–Crippen MR) is 69.6 cm³/mol. The van der Waals surface area contributed by atoms with E-state index in [1.54, 1.807) is 38.5 Å². The molecular weight excluding hydrogens is 216 g/mol. The lowest BCUT2D eigenvalue weighted by molar-refractivity contribution is -0.170. The van der Waals surface area contributed by atoms with E-state index in [1.807, 2.05) is 0 Å². The van der Waals surface area contributed by atoms with Crippen molar-refractivity contribution in [1.82, 2.24) is 0 Å². The number of rotatable bonds is 0. The van der Waals surface area contributed by atoms with E-state index in [0.717, 1.165) is 0 Å². The zero-order valence-corrected chi connectivity index (χ0v) is 11.2. The van der Waals surface area contributed by atoms with Crippen LogP contribution in [-0.2, 0) is 0 Å². The van der Waals surface area contributed by atoms with Gasteiger partial charge in [0.1, 0.15) is 0 Å². The van der Waals surface area contributed by atoms with Crippen molar-refractivity contribution in [2.45, 2.75) is 38.5 Å². The van der Waals surface area contributed by atoms with Crippen LogP contribution in [0.1, 0.15) is 38.5 Å². The van der Waals surface area contributed by atoms with Gasteiger partial charge in [-0.15, -0.1) is 0 Å². The van der Waals surface area contributed by atoms with Gasteiger partial charge in [0.15, 0.2) is 0 Å². The molecule has 0 aromatic heterocycles. The minimum Gasteiger partial charge on any atom is -0.0465 e. The van der Waals surface area contributed by atoms with Gasteiger partial charge in [-0.25, -0.2) is 0 Å². The maximum atomic E-state index is 1.70. The van der Waals surface area contributed by atoms with E-state index in [0.29, 0.717) is 0 Å². The summed E-state index contributed by atoms with van der Waals surface area (Å²) in [5.41, 5.74) is 0. The molecule has 0 unspecified atom stereocenters. The van der Waals surface area contributed by atoms with Gasteiger partial charge in [-0.3, -0.25) is 0 Å². The molecular formula is C18H24. The maximum absolute atomic E-state index is 1.70. The lowest BCUT2D eigenvalue weighted by atomic mass is 9.39. The van der Waals surface area contributed by atoms with E-state index in [2.05, 4.69) is 0 Å². The Labute approximate surface area is 110 Å². The monoisotopic (exact) mass is 240 g/mol. The molecule has 0 atom stereocenters. The summed E-state index contributed by atoms with van der Waals surface area (Å²) in [4.78, 5) is 0. The Morgan fingerprint density at radius 3 is 0.444 bits per heavy atom. The first-order valence-corrected chi connectivity index (χ1v) is 8.90. The molecule has 0 aliphatic heterocycles. The molecule has 7 rings (SSSR count). The topological polar surface area (TPSA) is 0 Å². The van der Waals surface area contributed by atoms with Crippen LogP contribution in [0.5, 0.6) is 0 Å². The average molecular weight is 240 g/mol. The second-order valence-electron chi connectivity index (χ2n) is 9.38. The van der Waals surface area contributed by atoms with Gasteiger partial charge in [0.25, 0.3) is 0 Å². The van der Waals surface area contributed by atoms with Crippen molar-refractivity contribution < 1.29 is 0 Å². The first-order valence-electron chi connectivity index (χ1n) is 8.90. The number of hydrogen-bond donors (Lipinski definition) is 0. The van der Waals surface area contributed by atoms with Crippen molar-refractivity contribution in [2.75, 3.05) is 0 Å². The van der Waals surface area contributed by atoms with Gasteiger partial charge in [0.05, 0.1) is 0 Å². The Bertz CT molecular complexity index is 363. The van der Waals surface area contributed by atoms with E-state index < -0.39 is 0 Å².